The molecule has 0 aromatic heterocycles. The van der Waals surface area contributed by atoms with Gasteiger partial charge < -0.3 is 9.47 Å². The summed E-state index contributed by atoms with van der Waals surface area (Å²) in [5.41, 5.74) is 4.10. The first kappa shape index (κ1) is 21.0. The average Bonchev–Trinajstić information content (AvgIpc) is 3.10. The second-order valence-corrected chi connectivity index (χ2v) is 9.20. The van der Waals surface area contributed by atoms with Crippen molar-refractivity contribution in [3.8, 4) is 5.75 Å². The lowest BCUT2D eigenvalue weighted by Crippen LogP contribution is -2.05. The fraction of sp³-hybridized carbons (Fsp3) is 0.0833. The van der Waals surface area contributed by atoms with E-state index in [4.69, 9.17) is 9.47 Å². The van der Waals surface area contributed by atoms with E-state index in [1.807, 2.05) is 61.5 Å². The minimum atomic E-state index is -0.452. The van der Waals surface area contributed by atoms with Crippen LogP contribution in [0.3, 0.4) is 0 Å². The molecule has 0 bridgehead atoms. The Morgan fingerprint density at radius 2 is 1.83 bits per heavy atom. The number of esters is 1. The van der Waals surface area contributed by atoms with Gasteiger partial charge in [-0.25, -0.2) is 9.79 Å². The second kappa shape index (κ2) is 9.30. The molecule has 4 rings (SSSR count). The van der Waals surface area contributed by atoms with Crippen molar-refractivity contribution in [1.82, 2.24) is 0 Å². The fourth-order valence-electron chi connectivity index (χ4n) is 2.91. The van der Waals surface area contributed by atoms with E-state index in [9.17, 15) is 4.79 Å². The number of rotatable bonds is 5. The number of ether oxygens (including phenoxy) is 2. The molecule has 1 aliphatic heterocycles. The van der Waals surface area contributed by atoms with Crippen LogP contribution in [0.25, 0.3) is 6.08 Å². The van der Waals surface area contributed by atoms with Crippen molar-refractivity contribution in [3.05, 3.63) is 102 Å². The molecule has 30 heavy (non-hydrogen) atoms. The number of carbonyl (C=O) groups is 1. The number of aliphatic imine (C=N–C) groups is 1. The normalized spacial score (nSPS) is 14.6. The van der Waals surface area contributed by atoms with Crippen LogP contribution in [-0.2, 0) is 16.1 Å². The fourth-order valence-corrected chi connectivity index (χ4v) is 3.60. The molecule has 0 amide bonds. The quantitative estimate of drug-likeness (QED) is 0.196. The predicted molar refractivity (Wildman–Crippen MR) is 134 cm³/mol. The van der Waals surface area contributed by atoms with Crippen LogP contribution >= 0.6 is 45.2 Å². The SMILES string of the molecule is Cc1cc(C2=N/C(=C\c3cccc(OCc4ccc(I)cc4)c3)C(=O)O2)ccc1I. The van der Waals surface area contributed by atoms with Gasteiger partial charge >= 0.3 is 5.97 Å². The first-order valence-corrected chi connectivity index (χ1v) is 11.4. The molecule has 0 saturated heterocycles. The van der Waals surface area contributed by atoms with Gasteiger partial charge in [-0.2, -0.15) is 0 Å². The number of aryl methyl sites for hydroxylation is 1. The van der Waals surface area contributed by atoms with E-state index in [-0.39, 0.29) is 5.70 Å². The highest BCUT2D eigenvalue weighted by Gasteiger charge is 2.24. The lowest BCUT2D eigenvalue weighted by Gasteiger charge is -2.07. The van der Waals surface area contributed by atoms with Gasteiger partial charge in [-0.05, 0) is 117 Å². The third kappa shape index (κ3) is 5.10. The smallest absolute Gasteiger partial charge is 0.363 e. The zero-order valence-corrected chi connectivity index (χ0v) is 20.4. The molecule has 0 atom stereocenters. The van der Waals surface area contributed by atoms with Crippen LogP contribution in [0.1, 0.15) is 22.3 Å². The summed E-state index contributed by atoms with van der Waals surface area (Å²) in [4.78, 5) is 16.7. The molecule has 6 heteroatoms. The number of hydrogen-bond donors (Lipinski definition) is 0. The summed E-state index contributed by atoms with van der Waals surface area (Å²) in [6, 6.07) is 21.6. The van der Waals surface area contributed by atoms with Crippen LogP contribution in [0.15, 0.2) is 77.4 Å². The van der Waals surface area contributed by atoms with Crippen molar-refractivity contribution in [3.63, 3.8) is 0 Å². The van der Waals surface area contributed by atoms with Crippen LogP contribution in [0, 0.1) is 14.1 Å². The largest absolute Gasteiger partial charge is 0.489 e. The molecule has 1 aliphatic rings. The van der Waals surface area contributed by atoms with Gasteiger partial charge in [-0.3, -0.25) is 0 Å². The summed E-state index contributed by atoms with van der Waals surface area (Å²) in [7, 11) is 0. The molecule has 4 nitrogen and oxygen atoms in total. The van der Waals surface area contributed by atoms with Gasteiger partial charge in [0, 0.05) is 12.7 Å². The molecule has 0 unspecified atom stereocenters. The van der Waals surface area contributed by atoms with E-state index in [1.165, 1.54) is 3.57 Å². The Morgan fingerprint density at radius 1 is 1.03 bits per heavy atom. The molecule has 3 aromatic carbocycles. The van der Waals surface area contributed by atoms with Crippen molar-refractivity contribution in [2.24, 2.45) is 4.99 Å². The second-order valence-electron chi connectivity index (χ2n) is 6.79. The van der Waals surface area contributed by atoms with Crippen LogP contribution in [-0.4, -0.2) is 11.9 Å². The molecule has 0 radical (unpaired) electrons. The molecule has 150 valence electrons. The van der Waals surface area contributed by atoms with Crippen molar-refractivity contribution in [2.45, 2.75) is 13.5 Å². The molecule has 3 aromatic rings. The van der Waals surface area contributed by atoms with Crippen LogP contribution in [0.5, 0.6) is 5.75 Å². The van der Waals surface area contributed by atoms with Crippen molar-refractivity contribution in [2.75, 3.05) is 0 Å². The molecule has 1 heterocycles. The first-order chi connectivity index (χ1) is 14.5. The Bertz CT molecular complexity index is 1170. The highest BCUT2D eigenvalue weighted by atomic mass is 127. The third-order valence-corrected chi connectivity index (χ3v) is 6.44. The molecule has 0 fully saturated rings. The van der Waals surface area contributed by atoms with Crippen LogP contribution < -0.4 is 4.74 Å². The van der Waals surface area contributed by atoms with E-state index in [0.29, 0.717) is 12.5 Å². The maximum Gasteiger partial charge on any atom is 0.363 e. The van der Waals surface area contributed by atoms with Crippen molar-refractivity contribution >= 4 is 63.1 Å². The maximum absolute atomic E-state index is 12.3. The van der Waals surface area contributed by atoms with Crippen LogP contribution in [0.2, 0.25) is 0 Å². The summed E-state index contributed by atoms with van der Waals surface area (Å²) in [6.45, 7) is 2.49. The Kier molecular flexibility index (Phi) is 6.52. The zero-order chi connectivity index (χ0) is 21.1. The van der Waals surface area contributed by atoms with Crippen LogP contribution in [0.4, 0.5) is 0 Å². The number of cyclic esters (lactones) is 1. The molecular formula is C24H17I2NO3. The Morgan fingerprint density at radius 3 is 2.60 bits per heavy atom. The van der Waals surface area contributed by atoms with Gasteiger partial charge in [-0.15, -0.1) is 0 Å². The highest BCUT2D eigenvalue weighted by Crippen LogP contribution is 2.23. The minimum absolute atomic E-state index is 0.274. The van der Waals surface area contributed by atoms with Gasteiger partial charge in [0.1, 0.15) is 12.4 Å². The van der Waals surface area contributed by atoms with Crippen molar-refractivity contribution < 1.29 is 14.3 Å². The molecule has 0 spiro atoms. The van der Waals surface area contributed by atoms with E-state index < -0.39 is 5.97 Å². The summed E-state index contributed by atoms with van der Waals surface area (Å²) in [5.74, 6) is 0.606. The standard InChI is InChI=1S/C24H17I2NO3/c1-15-11-18(7-10-21(15)26)23-27-22(24(28)30-23)13-17-3-2-4-20(12-17)29-14-16-5-8-19(25)9-6-16/h2-13H,14H2,1H3/b22-13-. The number of benzene rings is 3. The topological polar surface area (TPSA) is 47.9 Å². The lowest BCUT2D eigenvalue weighted by molar-refractivity contribution is -0.129. The van der Waals surface area contributed by atoms with E-state index >= 15 is 0 Å². The van der Waals surface area contributed by atoms with Gasteiger partial charge in [0.25, 0.3) is 0 Å². The Balaban J connectivity index is 1.51. The number of halogens is 2. The number of carbonyl (C=O) groups excluding carboxylic acids is 1. The monoisotopic (exact) mass is 621 g/mol. The predicted octanol–water partition coefficient (Wildman–Crippen LogP) is 6.13. The van der Waals surface area contributed by atoms with Crippen molar-refractivity contribution in [1.29, 1.82) is 0 Å². The molecule has 0 saturated carbocycles. The first-order valence-electron chi connectivity index (χ1n) is 9.24. The Labute approximate surface area is 202 Å². The third-order valence-electron chi connectivity index (χ3n) is 4.51. The highest BCUT2D eigenvalue weighted by molar-refractivity contribution is 14.1. The average molecular weight is 621 g/mol. The van der Waals surface area contributed by atoms with E-state index in [0.717, 1.165) is 31.6 Å². The zero-order valence-electron chi connectivity index (χ0n) is 16.1. The summed E-state index contributed by atoms with van der Waals surface area (Å²) < 4.78 is 13.6. The van der Waals surface area contributed by atoms with Gasteiger partial charge in [0.2, 0.25) is 5.90 Å². The maximum atomic E-state index is 12.3. The van der Waals surface area contributed by atoms with Gasteiger partial charge in [-0.1, -0.05) is 24.3 Å². The number of nitrogens with zero attached hydrogens (tertiary/aromatic N) is 1. The number of hydrogen-bond acceptors (Lipinski definition) is 4. The lowest BCUT2D eigenvalue weighted by atomic mass is 10.1. The molecule has 0 aliphatic carbocycles. The summed E-state index contributed by atoms with van der Waals surface area (Å²) in [5, 5.41) is 0. The van der Waals surface area contributed by atoms with E-state index in [2.05, 4.69) is 62.3 Å². The Hall–Kier alpha value is -2.20. The summed E-state index contributed by atoms with van der Waals surface area (Å²) >= 11 is 4.55. The molecular weight excluding hydrogens is 604 g/mol. The molecule has 0 N–H and O–H groups in total. The van der Waals surface area contributed by atoms with E-state index in [1.54, 1.807) is 6.08 Å². The van der Waals surface area contributed by atoms with Gasteiger partial charge in [0.05, 0.1) is 0 Å². The minimum Gasteiger partial charge on any atom is -0.489 e. The van der Waals surface area contributed by atoms with Gasteiger partial charge in [0.15, 0.2) is 5.70 Å². The summed E-state index contributed by atoms with van der Waals surface area (Å²) in [6.07, 6.45) is 1.71.